The molecule has 0 amide bonds. The highest BCUT2D eigenvalue weighted by molar-refractivity contribution is 5.82. The normalized spacial score (nSPS) is 48.9. The number of aliphatic hydroxyl groups is 1. The monoisotopic (exact) mass is 558 g/mol. The Bertz CT molecular complexity index is 1250. The molecule has 11 nitrogen and oxygen atoms in total. The number of carbonyl (C=O) groups is 3. The molecule has 5 aliphatic heterocycles. The van der Waals surface area contributed by atoms with Gasteiger partial charge in [0.2, 0.25) is 0 Å². The largest absolute Gasteiger partial charge is 0.495 e. The van der Waals surface area contributed by atoms with E-state index in [1.807, 2.05) is 19.9 Å². The Labute approximate surface area is 231 Å². The van der Waals surface area contributed by atoms with E-state index in [1.165, 1.54) is 13.0 Å². The molecule has 10 atom stereocenters. The van der Waals surface area contributed by atoms with Crippen LogP contribution in [0.1, 0.15) is 46.5 Å². The van der Waals surface area contributed by atoms with Gasteiger partial charge in [-0.15, -0.1) is 0 Å². The molecule has 5 fully saturated rings. The van der Waals surface area contributed by atoms with Crippen LogP contribution >= 0.6 is 0 Å². The number of esters is 3. The van der Waals surface area contributed by atoms with Crippen molar-refractivity contribution in [1.82, 2.24) is 0 Å². The standard InChI is InChI=1S/C29H34O11/c1-15-10-20-27(12-18(15)37-16(2)30)13-35-25(33)24-28(40-24)8-9-34-17(23(28)32)6-4-5-7-22(31)39-19-11-21(38-20)29(14-36-29)26(19,27)3/h5-7,10,18-21,23-24,32H,4,8-9,11-14H2,1-3H3/t18?,19?,20?,21?,23?,24?,26-,27?,28?,29?/m1/s1. The van der Waals surface area contributed by atoms with Gasteiger partial charge in [0, 0.05) is 32.3 Å². The molecule has 5 heterocycles. The average molecular weight is 559 g/mol. The fraction of sp³-hybridized carbons (Fsp3) is 0.690. The Kier molecular flexibility index (Phi) is 5.66. The SMILES string of the molecule is CC(=O)OC1CC23COC(=O)C4OC45CCOC(=CCC=CC(=O)OC4CC(OC2C=C1C)C1(CO1)[C@]43C)C5O. The first-order valence-electron chi connectivity index (χ1n) is 13.9. The van der Waals surface area contributed by atoms with Crippen LogP contribution in [-0.2, 0) is 47.5 Å². The minimum absolute atomic E-state index is 0.110. The fourth-order valence-electron chi connectivity index (χ4n) is 8.05. The Hall–Kier alpha value is -2.73. The molecule has 9 unspecified atom stereocenters. The van der Waals surface area contributed by atoms with Crippen LogP contribution in [0.3, 0.4) is 0 Å². The van der Waals surface area contributed by atoms with E-state index in [1.54, 1.807) is 12.2 Å². The summed E-state index contributed by atoms with van der Waals surface area (Å²) in [5.74, 6) is -1.25. The maximum Gasteiger partial charge on any atom is 0.338 e. The van der Waals surface area contributed by atoms with Crippen LogP contribution in [0.5, 0.6) is 0 Å². The van der Waals surface area contributed by atoms with Crippen molar-refractivity contribution in [2.24, 2.45) is 10.8 Å². The molecule has 7 rings (SSSR count). The summed E-state index contributed by atoms with van der Waals surface area (Å²) in [4.78, 5) is 38.6. The first-order chi connectivity index (χ1) is 19.1. The third kappa shape index (κ3) is 3.41. The Balaban J connectivity index is 1.31. The summed E-state index contributed by atoms with van der Waals surface area (Å²) in [6.07, 6.45) is 3.84. The van der Waals surface area contributed by atoms with Gasteiger partial charge in [0.25, 0.3) is 0 Å². The van der Waals surface area contributed by atoms with E-state index >= 15 is 0 Å². The molecule has 2 aliphatic carbocycles. The van der Waals surface area contributed by atoms with Gasteiger partial charge in [0.15, 0.2) is 6.10 Å². The van der Waals surface area contributed by atoms with Gasteiger partial charge in [-0.2, -0.15) is 0 Å². The topological polar surface area (TPSA) is 143 Å². The van der Waals surface area contributed by atoms with Crippen molar-refractivity contribution >= 4 is 17.9 Å². The first-order valence-corrected chi connectivity index (χ1v) is 13.9. The molecule has 4 saturated heterocycles. The number of epoxide rings is 2. The molecule has 0 radical (unpaired) electrons. The van der Waals surface area contributed by atoms with Crippen LogP contribution in [-0.4, -0.2) is 90.7 Å². The molecule has 7 aliphatic rings. The minimum atomic E-state index is -1.15. The Morgan fingerprint density at radius 3 is 2.73 bits per heavy atom. The van der Waals surface area contributed by atoms with Crippen molar-refractivity contribution < 1.29 is 52.6 Å². The molecule has 11 heteroatoms. The predicted molar refractivity (Wildman–Crippen MR) is 133 cm³/mol. The van der Waals surface area contributed by atoms with Crippen molar-refractivity contribution in [3.63, 3.8) is 0 Å². The molecule has 1 saturated carbocycles. The summed E-state index contributed by atoms with van der Waals surface area (Å²) in [6, 6.07) is 0. The third-order valence-electron chi connectivity index (χ3n) is 10.5. The van der Waals surface area contributed by atoms with Gasteiger partial charge in [0.05, 0.1) is 36.3 Å². The highest BCUT2D eigenvalue weighted by Gasteiger charge is 2.83. The van der Waals surface area contributed by atoms with Crippen LogP contribution in [0.4, 0.5) is 0 Å². The Morgan fingerprint density at radius 2 is 1.98 bits per heavy atom. The smallest absolute Gasteiger partial charge is 0.338 e. The van der Waals surface area contributed by atoms with E-state index in [-0.39, 0.29) is 25.7 Å². The summed E-state index contributed by atoms with van der Waals surface area (Å²) in [7, 11) is 0. The highest BCUT2D eigenvalue weighted by Crippen LogP contribution is 2.72. The Morgan fingerprint density at radius 1 is 1.18 bits per heavy atom. The number of aliphatic hydroxyl groups excluding tert-OH is 1. The zero-order valence-electron chi connectivity index (χ0n) is 22.8. The van der Waals surface area contributed by atoms with E-state index in [9.17, 15) is 19.5 Å². The number of fused-ring (bicyclic) bond motifs is 1. The van der Waals surface area contributed by atoms with E-state index in [4.69, 9.17) is 33.2 Å². The molecule has 0 aromatic carbocycles. The number of allylic oxidation sites excluding steroid dienone is 2. The number of rotatable bonds is 1. The molecule has 3 spiro atoms. The maximum atomic E-state index is 13.5. The lowest BCUT2D eigenvalue weighted by molar-refractivity contribution is -0.240. The van der Waals surface area contributed by atoms with Crippen molar-refractivity contribution in [3.8, 4) is 0 Å². The summed E-state index contributed by atoms with van der Waals surface area (Å²) in [5, 5.41) is 11.0. The number of carbonyl (C=O) groups excluding carboxylic acids is 3. The first kappa shape index (κ1) is 26.2. The van der Waals surface area contributed by atoms with Gasteiger partial charge in [0.1, 0.15) is 41.9 Å². The molecule has 0 aromatic rings. The van der Waals surface area contributed by atoms with Crippen molar-refractivity contribution in [2.75, 3.05) is 19.8 Å². The molecule has 0 aromatic heterocycles. The predicted octanol–water partition coefficient (Wildman–Crippen LogP) is 1.42. The average Bonchev–Trinajstić information content (AvgIpc) is 3.81. The number of ether oxygens (including phenoxy) is 7. The second-order valence-electron chi connectivity index (χ2n) is 12.3. The number of cyclic esters (lactones) is 1. The van der Waals surface area contributed by atoms with Crippen LogP contribution in [0.2, 0.25) is 0 Å². The van der Waals surface area contributed by atoms with Crippen LogP contribution < -0.4 is 0 Å². The highest BCUT2D eigenvalue weighted by atomic mass is 16.7. The molecular weight excluding hydrogens is 524 g/mol. The minimum Gasteiger partial charge on any atom is -0.495 e. The second-order valence-corrected chi connectivity index (χ2v) is 12.3. The molecule has 1 N–H and O–H groups in total. The maximum absolute atomic E-state index is 13.5. The van der Waals surface area contributed by atoms with Gasteiger partial charge in [-0.05, 0) is 25.0 Å². The zero-order chi connectivity index (χ0) is 28.1. The number of hydrogen-bond acceptors (Lipinski definition) is 11. The summed E-state index contributed by atoms with van der Waals surface area (Å²) in [5.41, 5.74) is -2.81. The van der Waals surface area contributed by atoms with Gasteiger partial charge in [-0.1, -0.05) is 19.1 Å². The fourth-order valence-corrected chi connectivity index (χ4v) is 8.05. The molecule has 40 heavy (non-hydrogen) atoms. The van der Waals surface area contributed by atoms with Crippen LogP contribution in [0.25, 0.3) is 0 Å². The van der Waals surface area contributed by atoms with E-state index in [0.717, 1.165) is 5.57 Å². The van der Waals surface area contributed by atoms with Gasteiger partial charge in [-0.25, -0.2) is 9.59 Å². The zero-order valence-corrected chi connectivity index (χ0v) is 22.8. The molecule has 216 valence electrons. The van der Waals surface area contributed by atoms with E-state index in [0.29, 0.717) is 31.6 Å². The molecule has 4 bridgehead atoms. The van der Waals surface area contributed by atoms with Gasteiger partial charge in [-0.3, -0.25) is 4.79 Å². The summed E-state index contributed by atoms with van der Waals surface area (Å²) >= 11 is 0. The van der Waals surface area contributed by atoms with E-state index in [2.05, 4.69) is 0 Å². The second kappa shape index (κ2) is 8.64. The lowest BCUT2D eigenvalue weighted by Crippen LogP contribution is -2.68. The van der Waals surface area contributed by atoms with Crippen molar-refractivity contribution in [3.05, 3.63) is 35.6 Å². The quantitative estimate of drug-likeness (QED) is 0.216. The van der Waals surface area contributed by atoms with Crippen molar-refractivity contribution in [2.45, 2.75) is 94.3 Å². The number of hydrogen-bond donors (Lipinski definition) is 1. The van der Waals surface area contributed by atoms with Gasteiger partial charge < -0.3 is 38.3 Å². The summed E-state index contributed by atoms with van der Waals surface area (Å²) < 4.78 is 42.1. The van der Waals surface area contributed by atoms with Crippen molar-refractivity contribution in [1.29, 1.82) is 0 Å². The lowest BCUT2D eigenvalue weighted by Gasteiger charge is -2.59. The van der Waals surface area contributed by atoms with Crippen LogP contribution in [0, 0.1) is 10.8 Å². The van der Waals surface area contributed by atoms with Gasteiger partial charge >= 0.3 is 17.9 Å². The van der Waals surface area contributed by atoms with E-state index < -0.39 is 70.5 Å². The third-order valence-corrected chi connectivity index (χ3v) is 10.5. The van der Waals surface area contributed by atoms with Crippen LogP contribution in [0.15, 0.2) is 35.6 Å². The summed E-state index contributed by atoms with van der Waals surface area (Å²) in [6.45, 7) is 5.83. The molecular formula is C29H34O11. The lowest BCUT2D eigenvalue weighted by atomic mass is 9.51.